The van der Waals surface area contributed by atoms with Gasteiger partial charge in [0.1, 0.15) is 0 Å². The Hall–Kier alpha value is -1.28. The SMILES string of the molecule is O=C(CCN1CCOCC1)Nc1nc(-c2ccc(Br)cc2)cs1. The minimum atomic E-state index is 0.00759. The van der Waals surface area contributed by atoms with E-state index in [0.717, 1.165) is 48.6 Å². The van der Waals surface area contributed by atoms with Crippen LogP contribution in [0.1, 0.15) is 6.42 Å². The largest absolute Gasteiger partial charge is 0.379 e. The van der Waals surface area contributed by atoms with Crippen LogP contribution in [0.25, 0.3) is 11.3 Å². The van der Waals surface area contributed by atoms with Gasteiger partial charge in [0, 0.05) is 41.5 Å². The van der Waals surface area contributed by atoms with E-state index in [1.165, 1.54) is 11.3 Å². The number of benzene rings is 1. The van der Waals surface area contributed by atoms with Crippen molar-refractivity contribution >= 4 is 38.3 Å². The van der Waals surface area contributed by atoms with Crippen molar-refractivity contribution in [2.45, 2.75) is 6.42 Å². The number of ether oxygens (including phenoxy) is 1. The molecular formula is C16H18BrN3O2S. The lowest BCUT2D eigenvalue weighted by atomic mass is 10.2. The highest BCUT2D eigenvalue weighted by molar-refractivity contribution is 9.10. The lowest BCUT2D eigenvalue weighted by Gasteiger charge is -2.26. The van der Waals surface area contributed by atoms with E-state index in [-0.39, 0.29) is 5.91 Å². The molecule has 3 rings (SSSR count). The number of hydrogen-bond donors (Lipinski definition) is 1. The van der Waals surface area contributed by atoms with Crippen LogP contribution in [0.4, 0.5) is 5.13 Å². The van der Waals surface area contributed by atoms with Crippen LogP contribution in [0.5, 0.6) is 0 Å². The van der Waals surface area contributed by atoms with Gasteiger partial charge in [-0.25, -0.2) is 4.98 Å². The summed E-state index contributed by atoms with van der Waals surface area (Å²) in [4.78, 5) is 18.8. The molecule has 1 aromatic heterocycles. The molecule has 1 N–H and O–H groups in total. The van der Waals surface area contributed by atoms with Crippen molar-refractivity contribution < 1.29 is 9.53 Å². The molecule has 2 aromatic rings. The van der Waals surface area contributed by atoms with Crippen molar-refractivity contribution in [1.82, 2.24) is 9.88 Å². The smallest absolute Gasteiger partial charge is 0.227 e. The third-order valence-corrected chi connectivity index (χ3v) is 4.94. The maximum atomic E-state index is 12.0. The summed E-state index contributed by atoms with van der Waals surface area (Å²) >= 11 is 4.87. The van der Waals surface area contributed by atoms with Gasteiger partial charge in [0.25, 0.3) is 0 Å². The van der Waals surface area contributed by atoms with Gasteiger partial charge in [-0.05, 0) is 12.1 Å². The molecule has 0 radical (unpaired) electrons. The van der Waals surface area contributed by atoms with Crippen LogP contribution in [0.15, 0.2) is 34.1 Å². The zero-order valence-corrected chi connectivity index (χ0v) is 15.0. The topological polar surface area (TPSA) is 54.5 Å². The number of halogens is 1. The number of aromatic nitrogens is 1. The number of thiazole rings is 1. The molecule has 0 atom stereocenters. The summed E-state index contributed by atoms with van der Waals surface area (Å²) in [5.74, 6) is 0.00759. The fourth-order valence-corrected chi connectivity index (χ4v) is 3.35. The van der Waals surface area contributed by atoms with Crippen LogP contribution in [-0.2, 0) is 9.53 Å². The number of nitrogens with zero attached hydrogens (tertiary/aromatic N) is 2. The van der Waals surface area contributed by atoms with Crippen molar-refractivity contribution in [3.05, 3.63) is 34.1 Å². The predicted octanol–water partition coefficient (Wildman–Crippen LogP) is 3.23. The van der Waals surface area contributed by atoms with Crippen molar-refractivity contribution in [1.29, 1.82) is 0 Å². The average molecular weight is 396 g/mol. The molecule has 0 spiro atoms. The number of carbonyl (C=O) groups is 1. The predicted molar refractivity (Wildman–Crippen MR) is 95.8 cm³/mol. The van der Waals surface area contributed by atoms with Gasteiger partial charge in [-0.3, -0.25) is 9.69 Å². The Kier molecular flexibility index (Phi) is 5.77. The first-order chi connectivity index (χ1) is 11.2. The van der Waals surface area contributed by atoms with Crippen LogP contribution in [0.3, 0.4) is 0 Å². The molecule has 7 heteroatoms. The molecule has 0 aliphatic carbocycles. The molecule has 0 saturated carbocycles. The first-order valence-corrected chi connectivity index (χ1v) is 9.19. The second-order valence-electron chi connectivity index (χ2n) is 5.30. The number of nitrogens with one attached hydrogen (secondary N) is 1. The van der Waals surface area contributed by atoms with E-state index in [1.54, 1.807) is 0 Å². The molecule has 23 heavy (non-hydrogen) atoms. The second kappa shape index (κ2) is 8.01. The minimum Gasteiger partial charge on any atom is -0.379 e. The molecule has 1 saturated heterocycles. The third-order valence-electron chi connectivity index (χ3n) is 3.65. The highest BCUT2D eigenvalue weighted by Gasteiger charge is 2.13. The van der Waals surface area contributed by atoms with Crippen molar-refractivity contribution in [3.8, 4) is 11.3 Å². The molecule has 1 aromatic carbocycles. The van der Waals surface area contributed by atoms with Crippen molar-refractivity contribution in [3.63, 3.8) is 0 Å². The van der Waals surface area contributed by atoms with Gasteiger partial charge in [0.15, 0.2) is 5.13 Å². The summed E-state index contributed by atoms with van der Waals surface area (Å²) in [7, 11) is 0. The average Bonchev–Trinajstić information content (AvgIpc) is 3.03. The van der Waals surface area contributed by atoms with Crippen molar-refractivity contribution in [2.24, 2.45) is 0 Å². The summed E-state index contributed by atoms with van der Waals surface area (Å²) in [6.07, 6.45) is 0.479. The van der Waals surface area contributed by atoms with Gasteiger partial charge in [-0.15, -0.1) is 11.3 Å². The van der Waals surface area contributed by atoms with E-state index < -0.39 is 0 Å². The Morgan fingerprint density at radius 2 is 2.04 bits per heavy atom. The molecule has 1 aliphatic rings. The van der Waals surface area contributed by atoms with Gasteiger partial charge in [0.05, 0.1) is 18.9 Å². The molecule has 122 valence electrons. The molecule has 5 nitrogen and oxygen atoms in total. The lowest BCUT2D eigenvalue weighted by molar-refractivity contribution is -0.116. The van der Waals surface area contributed by atoms with Crippen molar-refractivity contribution in [2.75, 3.05) is 38.2 Å². The third kappa shape index (κ3) is 4.84. The molecular weight excluding hydrogens is 378 g/mol. The number of hydrogen-bond acceptors (Lipinski definition) is 5. The van der Waals surface area contributed by atoms with E-state index in [0.29, 0.717) is 11.6 Å². The molecule has 1 fully saturated rings. The highest BCUT2D eigenvalue weighted by Crippen LogP contribution is 2.26. The monoisotopic (exact) mass is 395 g/mol. The summed E-state index contributed by atoms with van der Waals surface area (Å²) < 4.78 is 6.34. The molecule has 1 aliphatic heterocycles. The number of morpholine rings is 1. The van der Waals surface area contributed by atoms with Crippen LogP contribution >= 0.6 is 27.3 Å². The number of carbonyl (C=O) groups excluding carboxylic acids is 1. The summed E-state index contributed by atoms with van der Waals surface area (Å²) in [5.41, 5.74) is 1.92. The van der Waals surface area contributed by atoms with Crippen LogP contribution in [-0.4, -0.2) is 48.6 Å². The molecule has 1 amide bonds. The first kappa shape index (κ1) is 16.6. The van der Waals surface area contributed by atoms with Crippen LogP contribution in [0, 0.1) is 0 Å². The first-order valence-electron chi connectivity index (χ1n) is 7.52. The molecule has 2 heterocycles. The summed E-state index contributed by atoms with van der Waals surface area (Å²) in [6.45, 7) is 4.08. The van der Waals surface area contributed by atoms with E-state index >= 15 is 0 Å². The van der Waals surface area contributed by atoms with Gasteiger partial charge in [-0.1, -0.05) is 28.1 Å². The van der Waals surface area contributed by atoms with Crippen LogP contribution in [0.2, 0.25) is 0 Å². The summed E-state index contributed by atoms with van der Waals surface area (Å²) in [5, 5.41) is 5.49. The molecule has 0 unspecified atom stereocenters. The zero-order chi connectivity index (χ0) is 16.1. The second-order valence-corrected chi connectivity index (χ2v) is 7.07. The Labute approximate surface area is 147 Å². The quantitative estimate of drug-likeness (QED) is 0.843. The fourth-order valence-electron chi connectivity index (χ4n) is 2.35. The Morgan fingerprint density at radius 1 is 1.30 bits per heavy atom. The van der Waals surface area contributed by atoms with Gasteiger partial charge >= 0.3 is 0 Å². The van der Waals surface area contributed by atoms with E-state index in [1.807, 2.05) is 29.6 Å². The van der Waals surface area contributed by atoms with Gasteiger partial charge in [-0.2, -0.15) is 0 Å². The normalized spacial score (nSPS) is 15.5. The van der Waals surface area contributed by atoms with Crippen LogP contribution < -0.4 is 5.32 Å². The highest BCUT2D eigenvalue weighted by atomic mass is 79.9. The van der Waals surface area contributed by atoms with E-state index in [9.17, 15) is 4.79 Å². The Bertz CT molecular complexity index is 654. The maximum absolute atomic E-state index is 12.0. The zero-order valence-electron chi connectivity index (χ0n) is 12.6. The number of rotatable bonds is 5. The Balaban J connectivity index is 1.51. The van der Waals surface area contributed by atoms with Gasteiger partial charge < -0.3 is 10.1 Å². The molecule has 0 bridgehead atoms. The van der Waals surface area contributed by atoms with E-state index in [4.69, 9.17) is 4.74 Å². The van der Waals surface area contributed by atoms with E-state index in [2.05, 4.69) is 31.1 Å². The lowest BCUT2D eigenvalue weighted by Crippen LogP contribution is -2.38. The Morgan fingerprint density at radius 3 is 2.78 bits per heavy atom. The number of amides is 1. The number of anilines is 1. The standard InChI is InChI=1S/C16H18BrN3O2S/c17-13-3-1-12(2-4-13)14-11-23-16(18-14)19-15(21)5-6-20-7-9-22-10-8-20/h1-4,11H,5-10H2,(H,18,19,21). The maximum Gasteiger partial charge on any atom is 0.227 e. The minimum absolute atomic E-state index is 0.00759. The van der Waals surface area contributed by atoms with Gasteiger partial charge in [0.2, 0.25) is 5.91 Å². The summed E-state index contributed by atoms with van der Waals surface area (Å²) in [6, 6.07) is 7.97. The fraction of sp³-hybridized carbons (Fsp3) is 0.375.